The third-order valence-corrected chi connectivity index (χ3v) is 5.43. The third-order valence-electron chi connectivity index (χ3n) is 5.43. The quantitative estimate of drug-likeness (QED) is 0.431. The second-order valence-electron chi connectivity index (χ2n) is 7.27. The standard InChI is InChI=1S/C18H36N4/c1-19-18(21-15-17-10-13-22(2)14-11-17)20-12-6-5-9-16-7-3-4-8-16/h16-17H,3-15H2,1-2H3,(H2,19,20,21). The number of hydrogen-bond donors (Lipinski definition) is 2. The van der Waals surface area contributed by atoms with Crippen LogP contribution in [0.5, 0.6) is 0 Å². The molecule has 4 heteroatoms. The van der Waals surface area contributed by atoms with E-state index in [1.165, 1.54) is 70.9 Å². The van der Waals surface area contributed by atoms with E-state index >= 15 is 0 Å². The predicted molar refractivity (Wildman–Crippen MR) is 95.4 cm³/mol. The number of aliphatic imine (C=N–C) groups is 1. The lowest BCUT2D eigenvalue weighted by Crippen LogP contribution is -2.42. The van der Waals surface area contributed by atoms with Gasteiger partial charge in [0, 0.05) is 20.1 Å². The Balaban J connectivity index is 1.49. The monoisotopic (exact) mass is 308 g/mol. The lowest BCUT2D eigenvalue weighted by molar-refractivity contribution is 0.220. The molecule has 1 saturated heterocycles. The molecule has 0 spiro atoms. The average Bonchev–Trinajstić information content (AvgIpc) is 3.05. The smallest absolute Gasteiger partial charge is 0.190 e. The van der Waals surface area contributed by atoms with Gasteiger partial charge in [0.1, 0.15) is 0 Å². The van der Waals surface area contributed by atoms with E-state index in [9.17, 15) is 0 Å². The van der Waals surface area contributed by atoms with E-state index in [4.69, 9.17) is 0 Å². The van der Waals surface area contributed by atoms with Crippen LogP contribution in [-0.4, -0.2) is 51.1 Å². The van der Waals surface area contributed by atoms with Crippen LogP contribution in [0, 0.1) is 11.8 Å². The summed E-state index contributed by atoms with van der Waals surface area (Å²) in [6, 6.07) is 0. The highest BCUT2D eigenvalue weighted by molar-refractivity contribution is 5.79. The Labute approximate surface area is 137 Å². The third kappa shape index (κ3) is 6.55. The molecule has 22 heavy (non-hydrogen) atoms. The number of rotatable bonds is 7. The van der Waals surface area contributed by atoms with Gasteiger partial charge in [-0.25, -0.2) is 0 Å². The highest BCUT2D eigenvalue weighted by Crippen LogP contribution is 2.28. The van der Waals surface area contributed by atoms with Crippen LogP contribution in [-0.2, 0) is 0 Å². The van der Waals surface area contributed by atoms with Crippen LogP contribution < -0.4 is 10.6 Å². The maximum absolute atomic E-state index is 4.35. The van der Waals surface area contributed by atoms with Crippen molar-refractivity contribution in [1.29, 1.82) is 0 Å². The van der Waals surface area contributed by atoms with Gasteiger partial charge in [-0.2, -0.15) is 0 Å². The van der Waals surface area contributed by atoms with Crippen LogP contribution >= 0.6 is 0 Å². The Hall–Kier alpha value is -0.770. The summed E-state index contributed by atoms with van der Waals surface area (Å²) in [6.07, 6.45) is 12.6. The number of guanidine groups is 1. The molecule has 0 amide bonds. The van der Waals surface area contributed by atoms with Crippen LogP contribution in [0.2, 0.25) is 0 Å². The van der Waals surface area contributed by atoms with Crippen molar-refractivity contribution >= 4 is 5.96 Å². The van der Waals surface area contributed by atoms with E-state index in [1.54, 1.807) is 0 Å². The Bertz CT molecular complexity index is 315. The van der Waals surface area contributed by atoms with E-state index in [-0.39, 0.29) is 0 Å². The molecule has 2 rings (SSSR count). The zero-order chi connectivity index (χ0) is 15.6. The summed E-state index contributed by atoms with van der Waals surface area (Å²) in [5.41, 5.74) is 0. The summed E-state index contributed by atoms with van der Waals surface area (Å²) in [6.45, 7) is 4.59. The maximum atomic E-state index is 4.35. The lowest BCUT2D eigenvalue weighted by atomic mass is 9.97. The van der Waals surface area contributed by atoms with Gasteiger partial charge in [0.05, 0.1) is 0 Å². The number of likely N-dealkylation sites (tertiary alicyclic amines) is 1. The molecule has 0 atom stereocenters. The lowest BCUT2D eigenvalue weighted by Gasteiger charge is -2.29. The topological polar surface area (TPSA) is 39.7 Å². The van der Waals surface area contributed by atoms with Crippen molar-refractivity contribution in [2.24, 2.45) is 16.8 Å². The van der Waals surface area contributed by atoms with Crippen LogP contribution in [0.15, 0.2) is 4.99 Å². The molecule has 0 bridgehead atoms. The van der Waals surface area contributed by atoms with Crippen molar-refractivity contribution in [1.82, 2.24) is 15.5 Å². The number of nitrogens with one attached hydrogen (secondary N) is 2. The van der Waals surface area contributed by atoms with Gasteiger partial charge in [0.2, 0.25) is 0 Å². The molecule has 1 aliphatic carbocycles. The molecule has 1 heterocycles. The van der Waals surface area contributed by atoms with Crippen LogP contribution in [0.25, 0.3) is 0 Å². The van der Waals surface area contributed by atoms with Crippen molar-refractivity contribution in [2.45, 2.75) is 57.8 Å². The minimum Gasteiger partial charge on any atom is -0.356 e. The SMILES string of the molecule is CN=C(NCCCCC1CCCC1)NCC1CCN(C)CC1. The minimum atomic E-state index is 0.803. The zero-order valence-corrected chi connectivity index (χ0v) is 14.7. The molecule has 128 valence electrons. The molecule has 0 unspecified atom stereocenters. The first kappa shape index (κ1) is 17.6. The number of unbranched alkanes of at least 4 members (excludes halogenated alkanes) is 1. The summed E-state index contributed by atoms with van der Waals surface area (Å²) in [4.78, 5) is 6.77. The molecule has 0 aromatic rings. The van der Waals surface area contributed by atoms with Crippen LogP contribution in [0.3, 0.4) is 0 Å². The fraction of sp³-hybridized carbons (Fsp3) is 0.944. The summed E-state index contributed by atoms with van der Waals surface area (Å²) < 4.78 is 0. The fourth-order valence-corrected chi connectivity index (χ4v) is 3.79. The molecule has 1 aliphatic heterocycles. The molecule has 2 N–H and O–H groups in total. The zero-order valence-electron chi connectivity index (χ0n) is 14.7. The van der Waals surface area contributed by atoms with Crippen LogP contribution in [0.4, 0.5) is 0 Å². The molecule has 0 aromatic heterocycles. The maximum Gasteiger partial charge on any atom is 0.190 e. The Kier molecular flexibility index (Phi) is 8.06. The van der Waals surface area contributed by atoms with Crippen molar-refractivity contribution in [3.05, 3.63) is 0 Å². The van der Waals surface area contributed by atoms with E-state index in [1.807, 2.05) is 7.05 Å². The first-order chi connectivity index (χ1) is 10.8. The van der Waals surface area contributed by atoms with Gasteiger partial charge >= 0.3 is 0 Å². The summed E-state index contributed by atoms with van der Waals surface area (Å²) in [5.74, 6) is 2.82. The molecular weight excluding hydrogens is 272 g/mol. The van der Waals surface area contributed by atoms with Crippen molar-refractivity contribution in [2.75, 3.05) is 40.3 Å². The molecular formula is C18H36N4. The van der Waals surface area contributed by atoms with E-state index in [0.717, 1.165) is 30.9 Å². The molecule has 1 saturated carbocycles. The summed E-state index contributed by atoms with van der Waals surface area (Å²) >= 11 is 0. The molecule has 2 aliphatic rings. The predicted octanol–water partition coefficient (Wildman–Crippen LogP) is 2.85. The minimum absolute atomic E-state index is 0.803. The second kappa shape index (κ2) is 10.1. The highest BCUT2D eigenvalue weighted by atomic mass is 15.2. The Morgan fingerprint density at radius 3 is 2.41 bits per heavy atom. The number of piperidine rings is 1. The average molecular weight is 309 g/mol. The molecule has 0 radical (unpaired) electrons. The van der Waals surface area contributed by atoms with Crippen molar-refractivity contribution in [3.8, 4) is 0 Å². The molecule has 4 nitrogen and oxygen atoms in total. The van der Waals surface area contributed by atoms with E-state index in [2.05, 4.69) is 27.6 Å². The van der Waals surface area contributed by atoms with Crippen molar-refractivity contribution in [3.63, 3.8) is 0 Å². The van der Waals surface area contributed by atoms with Gasteiger partial charge in [0.25, 0.3) is 0 Å². The number of nitrogens with zero attached hydrogens (tertiary/aromatic N) is 2. The number of hydrogen-bond acceptors (Lipinski definition) is 2. The Morgan fingerprint density at radius 1 is 1.00 bits per heavy atom. The normalized spacial score (nSPS) is 22.2. The second-order valence-corrected chi connectivity index (χ2v) is 7.27. The van der Waals surface area contributed by atoms with Gasteiger partial charge < -0.3 is 15.5 Å². The first-order valence-electron chi connectivity index (χ1n) is 9.41. The van der Waals surface area contributed by atoms with E-state index in [0.29, 0.717) is 0 Å². The summed E-state index contributed by atoms with van der Waals surface area (Å²) in [5, 5.41) is 6.98. The molecule has 0 aromatic carbocycles. The van der Waals surface area contributed by atoms with Gasteiger partial charge in [-0.1, -0.05) is 38.5 Å². The van der Waals surface area contributed by atoms with E-state index < -0.39 is 0 Å². The first-order valence-corrected chi connectivity index (χ1v) is 9.41. The van der Waals surface area contributed by atoms with Gasteiger partial charge in [0.15, 0.2) is 5.96 Å². The largest absolute Gasteiger partial charge is 0.356 e. The fourth-order valence-electron chi connectivity index (χ4n) is 3.79. The van der Waals surface area contributed by atoms with Crippen molar-refractivity contribution < 1.29 is 0 Å². The van der Waals surface area contributed by atoms with Crippen LogP contribution in [0.1, 0.15) is 57.8 Å². The Morgan fingerprint density at radius 2 is 1.73 bits per heavy atom. The highest BCUT2D eigenvalue weighted by Gasteiger charge is 2.16. The molecule has 2 fully saturated rings. The summed E-state index contributed by atoms with van der Waals surface area (Å²) in [7, 11) is 4.10. The van der Waals surface area contributed by atoms with Gasteiger partial charge in [-0.3, -0.25) is 4.99 Å². The van der Waals surface area contributed by atoms with Gasteiger partial charge in [-0.15, -0.1) is 0 Å². The van der Waals surface area contributed by atoms with Gasteiger partial charge in [-0.05, 0) is 51.2 Å².